The lowest BCUT2D eigenvalue weighted by Gasteiger charge is -2.36. The van der Waals surface area contributed by atoms with E-state index in [2.05, 4.69) is 0 Å². The molecule has 2 heterocycles. The zero-order valence-corrected chi connectivity index (χ0v) is 15.7. The van der Waals surface area contributed by atoms with Gasteiger partial charge in [0.2, 0.25) is 0 Å². The predicted octanol–water partition coefficient (Wildman–Crippen LogP) is 3.57. The highest BCUT2D eigenvalue weighted by molar-refractivity contribution is 5.96. The maximum atomic E-state index is 14.7. The van der Waals surface area contributed by atoms with Gasteiger partial charge in [0.25, 0.3) is 5.91 Å². The molecule has 1 N–H and O–H groups in total. The van der Waals surface area contributed by atoms with Gasteiger partial charge < -0.3 is 14.7 Å². The van der Waals surface area contributed by atoms with Crippen molar-refractivity contribution in [3.8, 4) is 5.75 Å². The van der Waals surface area contributed by atoms with Crippen LogP contribution in [0.5, 0.6) is 5.75 Å². The number of ether oxygens (including phenoxy) is 1. The van der Waals surface area contributed by atoms with E-state index in [0.29, 0.717) is 12.8 Å². The molecule has 4 rings (SSSR count). The van der Waals surface area contributed by atoms with Crippen LogP contribution in [0.15, 0.2) is 42.5 Å². The second kappa shape index (κ2) is 7.17. The summed E-state index contributed by atoms with van der Waals surface area (Å²) in [6.07, 6.45) is 2.93. The number of aliphatic hydroxyl groups is 1. The van der Waals surface area contributed by atoms with Gasteiger partial charge in [-0.05, 0) is 43.4 Å². The van der Waals surface area contributed by atoms with Crippen LogP contribution in [0, 0.1) is 17.0 Å². The molecule has 2 aliphatic rings. The molecule has 3 atom stereocenters. The molecular weight excluding hydrogens is 364 g/mol. The number of rotatable bonds is 5. The van der Waals surface area contributed by atoms with Gasteiger partial charge in [-0.1, -0.05) is 30.3 Å². The van der Waals surface area contributed by atoms with Crippen LogP contribution in [0.3, 0.4) is 0 Å². The number of carbonyl (C=O) groups excluding carboxylic acids is 1. The highest BCUT2D eigenvalue weighted by Gasteiger charge is 2.57. The number of methoxy groups -OCH3 is 1. The van der Waals surface area contributed by atoms with Crippen LogP contribution in [-0.2, 0) is 6.42 Å². The Morgan fingerprint density at radius 2 is 1.96 bits per heavy atom. The standard InChI is InChI=1S/C22H23F2NO3/c1-28-20-17(23)9-8-16(19(20)24)21(27)25-15-7-10-18(25)22(12-15,13-26)11-14-5-3-2-4-6-14/h2-6,8-9,15,18,26H,7,10-13H2,1H3/t15-,18+,22-/m0/s1. The fourth-order valence-corrected chi connectivity index (χ4v) is 5.04. The van der Waals surface area contributed by atoms with Crippen molar-refractivity contribution in [3.05, 3.63) is 65.2 Å². The molecule has 28 heavy (non-hydrogen) atoms. The average Bonchev–Trinajstić information content (AvgIpc) is 3.25. The molecule has 0 aromatic heterocycles. The number of nitrogens with zero attached hydrogens (tertiary/aromatic N) is 1. The third-order valence-electron chi connectivity index (χ3n) is 6.28. The summed E-state index contributed by atoms with van der Waals surface area (Å²) in [7, 11) is 1.17. The van der Waals surface area contributed by atoms with E-state index >= 15 is 0 Å². The Kier molecular flexibility index (Phi) is 4.83. The number of fused-ring (bicyclic) bond motifs is 2. The van der Waals surface area contributed by atoms with Gasteiger partial charge in [-0.3, -0.25) is 4.79 Å². The molecule has 6 heteroatoms. The van der Waals surface area contributed by atoms with Crippen molar-refractivity contribution < 1.29 is 23.4 Å². The van der Waals surface area contributed by atoms with Gasteiger partial charge >= 0.3 is 0 Å². The van der Waals surface area contributed by atoms with Gasteiger partial charge in [-0.2, -0.15) is 0 Å². The molecule has 0 spiro atoms. The summed E-state index contributed by atoms with van der Waals surface area (Å²) in [6, 6.07) is 11.9. The predicted molar refractivity (Wildman–Crippen MR) is 100 cm³/mol. The molecule has 1 amide bonds. The van der Waals surface area contributed by atoms with E-state index in [1.54, 1.807) is 4.90 Å². The van der Waals surface area contributed by atoms with E-state index in [1.165, 1.54) is 13.2 Å². The largest absolute Gasteiger partial charge is 0.491 e. The first kappa shape index (κ1) is 18.9. The molecule has 4 nitrogen and oxygen atoms in total. The lowest BCUT2D eigenvalue weighted by atomic mass is 9.70. The van der Waals surface area contributed by atoms with Crippen LogP contribution in [0.4, 0.5) is 8.78 Å². The van der Waals surface area contributed by atoms with Crippen LogP contribution in [0.25, 0.3) is 0 Å². The number of amides is 1. The van der Waals surface area contributed by atoms with Crippen molar-refractivity contribution in [2.24, 2.45) is 5.41 Å². The van der Waals surface area contributed by atoms with Crippen molar-refractivity contribution in [2.45, 2.75) is 37.8 Å². The number of hydrogen-bond acceptors (Lipinski definition) is 3. The Bertz CT molecular complexity index is 889. The minimum atomic E-state index is -0.976. The van der Waals surface area contributed by atoms with E-state index in [0.717, 1.165) is 24.5 Å². The van der Waals surface area contributed by atoms with Gasteiger partial charge in [0.05, 0.1) is 19.3 Å². The summed E-state index contributed by atoms with van der Waals surface area (Å²) < 4.78 is 33.2. The molecule has 0 aliphatic carbocycles. The van der Waals surface area contributed by atoms with Crippen molar-refractivity contribution in [2.75, 3.05) is 13.7 Å². The second-order valence-electron chi connectivity index (χ2n) is 7.79. The van der Waals surface area contributed by atoms with Gasteiger partial charge in [-0.25, -0.2) is 8.78 Å². The summed E-state index contributed by atoms with van der Waals surface area (Å²) in [5, 5.41) is 10.3. The van der Waals surface area contributed by atoms with E-state index in [-0.39, 0.29) is 24.3 Å². The molecule has 2 bridgehead atoms. The number of carbonyl (C=O) groups is 1. The van der Waals surface area contributed by atoms with Gasteiger partial charge in [0.15, 0.2) is 17.4 Å². The Hall–Kier alpha value is -2.47. The molecule has 2 fully saturated rings. The molecule has 2 aliphatic heterocycles. The van der Waals surface area contributed by atoms with Crippen LogP contribution >= 0.6 is 0 Å². The van der Waals surface area contributed by atoms with E-state index in [9.17, 15) is 18.7 Å². The summed E-state index contributed by atoms with van der Waals surface area (Å²) in [5.74, 6) is -2.83. The van der Waals surface area contributed by atoms with Crippen LogP contribution in [0.1, 0.15) is 35.2 Å². The minimum Gasteiger partial charge on any atom is -0.491 e. The summed E-state index contributed by atoms with van der Waals surface area (Å²) >= 11 is 0. The lowest BCUT2D eigenvalue weighted by molar-refractivity contribution is 0.0567. The van der Waals surface area contributed by atoms with Crippen molar-refractivity contribution in [1.29, 1.82) is 0 Å². The van der Waals surface area contributed by atoms with Gasteiger partial charge in [-0.15, -0.1) is 0 Å². The van der Waals surface area contributed by atoms with Crippen molar-refractivity contribution in [3.63, 3.8) is 0 Å². The molecular formula is C22H23F2NO3. The first-order valence-electron chi connectivity index (χ1n) is 9.50. The second-order valence-corrected chi connectivity index (χ2v) is 7.79. The number of hydrogen-bond donors (Lipinski definition) is 1. The lowest BCUT2D eigenvalue weighted by Crippen LogP contribution is -2.44. The molecule has 2 saturated heterocycles. The molecule has 148 valence electrons. The van der Waals surface area contributed by atoms with Crippen molar-refractivity contribution in [1.82, 2.24) is 4.90 Å². The van der Waals surface area contributed by atoms with E-state index in [1.807, 2.05) is 30.3 Å². The smallest absolute Gasteiger partial charge is 0.257 e. The molecule has 0 saturated carbocycles. The Balaban J connectivity index is 1.66. The Morgan fingerprint density at radius 3 is 2.64 bits per heavy atom. The van der Waals surface area contributed by atoms with Crippen molar-refractivity contribution >= 4 is 5.91 Å². The molecule has 2 aromatic carbocycles. The minimum absolute atomic E-state index is 0.0396. The normalized spacial score (nSPS) is 25.9. The summed E-state index contributed by atoms with van der Waals surface area (Å²) in [5.41, 5.74) is 0.468. The monoisotopic (exact) mass is 387 g/mol. The Morgan fingerprint density at radius 1 is 1.21 bits per heavy atom. The maximum absolute atomic E-state index is 14.7. The SMILES string of the molecule is COc1c(F)ccc(C(=O)N2[C@H]3CC[C@@H]2[C@@](CO)(Cc2ccccc2)C3)c1F. The summed E-state index contributed by atoms with van der Waals surface area (Å²) in [6.45, 7) is -0.0396. The van der Waals surface area contributed by atoms with Crippen LogP contribution < -0.4 is 4.74 Å². The first-order chi connectivity index (χ1) is 13.5. The topological polar surface area (TPSA) is 49.8 Å². The number of halogens is 2. The molecule has 2 aromatic rings. The number of aliphatic hydroxyl groups excluding tert-OH is 1. The first-order valence-corrected chi connectivity index (χ1v) is 9.50. The third-order valence-corrected chi connectivity index (χ3v) is 6.28. The quantitative estimate of drug-likeness (QED) is 0.853. The maximum Gasteiger partial charge on any atom is 0.257 e. The highest BCUT2D eigenvalue weighted by atomic mass is 19.1. The van der Waals surface area contributed by atoms with Crippen LogP contribution in [0.2, 0.25) is 0 Å². The van der Waals surface area contributed by atoms with Crippen LogP contribution in [-0.4, -0.2) is 41.7 Å². The fourth-order valence-electron chi connectivity index (χ4n) is 5.04. The Labute approximate surface area is 162 Å². The highest BCUT2D eigenvalue weighted by Crippen LogP contribution is 2.52. The third kappa shape index (κ3) is 2.87. The molecule has 0 radical (unpaired) electrons. The van der Waals surface area contributed by atoms with E-state index < -0.39 is 28.7 Å². The number of benzene rings is 2. The summed E-state index contributed by atoms with van der Waals surface area (Å²) in [4.78, 5) is 14.9. The zero-order valence-electron chi connectivity index (χ0n) is 15.7. The zero-order chi connectivity index (χ0) is 19.9. The fraction of sp³-hybridized carbons (Fsp3) is 0.409. The van der Waals surface area contributed by atoms with E-state index in [4.69, 9.17) is 4.74 Å². The average molecular weight is 387 g/mol. The van der Waals surface area contributed by atoms with Gasteiger partial charge in [0.1, 0.15) is 0 Å². The molecule has 0 unspecified atom stereocenters. The van der Waals surface area contributed by atoms with Gasteiger partial charge in [0, 0.05) is 17.5 Å².